The molecule has 0 fully saturated rings. The van der Waals surface area contributed by atoms with Crippen LogP contribution in [0.15, 0.2) is 48.5 Å². The first kappa shape index (κ1) is 24.9. The van der Waals surface area contributed by atoms with Crippen molar-refractivity contribution in [3.05, 3.63) is 59.7 Å². The lowest BCUT2D eigenvalue weighted by atomic mass is 9.90. The second-order valence-corrected chi connectivity index (χ2v) is 10.6. The maximum atomic E-state index is 13.9. The maximum absolute atomic E-state index is 13.9. The van der Waals surface area contributed by atoms with Gasteiger partial charge in [-0.15, -0.1) is 0 Å². The van der Waals surface area contributed by atoms with Crippen LogP contribution in [0, 0.1) is 5.92 Å². The highest BCUT2D eigenvalue weighted by atomic mass is 31.2. The Morgan fingerprint density at radius 2 is 1.82 bits per heavy atom. The van der Waals surface area contributed by atoms with Crippen LogP contribution in [0.25, 0.3) is 0 Å². The Kier molecular flexibility index (Phi) is 7.29. The number of carboxylic acid groups (broad SMARTS) is 1. The van der Waals surface area contributed by atoms with E-state index in [0.717, 1.165) is 5.56 Å². The molecule has 33 heavy (non-hydrogen) atoms. The summed E-state index contributed by atoms with van der Waals surface area (Å²) in [6.45, 7) is 4.91. The van der Waals surface area contributed by atoms with E-state index in [2.05, 4.69) is 5.09 Å². The minimum absolute atomic E-state index is 0.289. The molecule has 3 rings (SSSR count). The number of methoxy groups -OCH3 is 1. The SMILES string of the molecule is COCP(=O)(NC(C)(C(=O)O)C(C)C)OC1Cc2ccccc2N(C(N)=O)c2ccccc21. The molecule has 0 aromatic heterocycles. The molecule has 2 amide bonds. The summed E-state index contributed by atoms with van der Waals surface area (Å²) in [6, 6.07) is 13.7. The van der Waals surface area contributed by atoms with Gasteiger partial charge in [0.1, 0.15) is 11.9 Å². The lowest BCUT2D eigenvalue weighted by Crippen LogP contribution is -2.52. The molecule has 0 bridgehead atoms. The highest BCUT2D eigenvalue weighted by Gasteiger charge is 2.45. The third-order valence-corrected chi connectivity index (χ3v) is 7.98. The maximum Gasteiger partial charge on any atom is 0.324 e. The molecule has 10 heteroatoms. The van der Waals surface area contributed by atoms with Crippen molar-refractivity contribution in [2.75, 3.05) is 18.4 Å². The molecule has 1 aliphatic rings. The molecule has 0 spiro atoms. The number of ether oxygens (including phenoxy) is 1. The Morgan fingerprint density at radius 3 is 2.39 bits per heavy atom. The number of nitrogens with zero attached hydrogens (tertiary/aromatic N) is 1. The average molecular weight is 475 g/mol. The summed E-state index contributed by atoms with van der Waals surface area (Å²) in [4.78, 5) is 25.9. The van der Waals surface area contributed by atoms with Crippen LogP contribution < -0.4 is 15.7 Å². The third-order valence-electron chi connectivity index (χ3n) is 5.98. The van der Waals surface area contributed by atoms with Gasteiger partial charge in [-0.25, -0.2) is 9.88 Å². The van der Waals surface area contributed by atoms with E-state index in [-0.39, 0.29) is 12.8 Å². The van der Waals surface area contributed by atoms with Gasteiger partial charge >= 0.3 is 12.0 Å². The molecule has 2 aromatic rings. The number of hydrogen-bond donors (Lipinski definition) is 3. The van der Waals surface area contributed by atoms with E-state index in [9.17, 15) is 19.3 Å². The van der Waals surface area contributed by atoms with Crippen LogP contribution in [0.2, 0.25) is 0 Å². The first-order valence-electron chi connectivity index (χ1n) is 10.6. The number of aliphatic carboxylic acids is 1. The lowest BCUT2D eigenvalue weighted by Gasteiger charge is -2.35. The standard InChI is InChI=1S/C23H30N3O6P/c1-15(2)23(3,21(27)28)25-33(30,14-31-4)32-20-13-16-9-5-7-11-18(16)26(22(24)29)19-12-8-6-10-17(19)20/h5-12,15,20H,13-14H2,1-4H3,(H2,24,29)(H,25,30)(H,27,28). The van der Waals surface area contributed by atoms with E-state index in [1.54, 1.807) is 50.2 Å². The number of urea groups is 1. The van der Waals surface area contributed by atoms with Crippen molar-refractivity contribution in [1.82, 2.24) is 5.09 Å². The van der Waals surface area contributed by atoms with Gasteiger partial charge in [-0.2, -0.15) is 0 Å². The highest BCUT2D eigenvalue weighted by molar-refractivity contribution is 7.56. The summed E-state index contributed by atoms with van der Waals surface area (Å²) in [5.41, 5.74) is 6.70. The Morgan fingerprint density at radius 1 is 1.21 bits per heavy atom. The van der Waals surface area contributed by atoms with Crippen molar-refractivity contribution in [2.45, 2.75) is 38.8 Å². The van der Waals surface area contributed by atoms with Crippen LogP contribution >= 0.6 is 7.52 Å². The summed E-state index contributed by atoms with van der Waals surface area (Å²) >= 11 is 0. The molecule has 9 nitrogen and oxygen atoms in total. The second-order valence-electron chi connectivity index (χ2n) is 8.52. The number of carbonyl (C=O) groups is 2. The first-order chi connectivity index (χ1) is 15.5. The molecular formula is C23H30N3O6P. The molecule has 0 saturated heterocycles. The zero-order valence-electron chi connectivity index (χ0n) is 19.1. The molecule has 0 radical (unpaired) electrons. The van der Waals surface area contributed by atoms with E-state index in [0.29, 0.717) is 16.9 Å². The minimum atomic E-state index is -3.84. The number of fused-ring (bicyclic) bond motifs is 2. The fraction of sp³-hybridized carbons (Fsp3) is 0.391. The van der Waals surface area contributed by atoms with E-state index in [4.69, 9.17) is 15.0 Å². The van der Waals surface area contributed by atoms with E-state index < -0.39 is 37.1 Å². The molecule has 3 unspecified atom stereocenters. The van der Waals surface area contributed by atoms with Crippen LogP contribution in [0.4, 0.5) is 16.2 Å². The topological polar surface area (TPSA) is 131 Å². The predicted molar refractivity (Wildman–Crippen MR) is 126 cm³/mol. The van der Waals surface area contributed by atoms with Crippen molar-refractivity contribution in [2.24, 2.45) is 11.7 Å². The molecule has 178 valence electrons. The fourth-order valence-corrected chi connectivity index (χ4v) is 6.06. The largest absolute Gasteiger partial charge is 0.480 e. The Hall–Kier alpha value is -2.71. The van der Waals surface area contributed by atoms with Crippen LogP contribution in [0.1, 0.15) is 38.0 Å². The monoisotopic (exact) mass is 475 g/mol. The number of carboxylic acids is 1. The summed E-state index contributed by atoms with van der Waals surface area (Å²) in [6.07, 6.45) is -0.800. The first-order valence-corrected chi connectivity index (χ1v) is 12.4. The number of hydrogen-bond acceptors (Lipinski definition) is 5. The number of carbonyl (C=O) groups excluding carboxylic acids is 1. The van der Waals surface area contributed by atoms with E-state index in [1.165, 1.54) is 18.9 Å². The average Bonchev–Trinajstić information content (AvgIpc) is 2.87. The molecule has 3 atom stereocenters. The summed E-state index contributed by atoms with van der Waals surface area (Å²) < 4.78 is 25.3. The molecular weight excluding hydrogens is 445 g/mol. The van der Waals surface area contributed by atoms with Gasteiger partial charge < -0.3 is 20.1 Å². The zero-order valence-corrected chi connectivity index (χ0v) is 20.0. The van der Waals surface area contributed by atoms with E-state index >= 15 is 0 Å². The summed E-state index contributed by atoms with van der Waals surface area (Å²) in [5, 5.41) is 12.6. The minimum Gasteiger partial charge on any atom is -0.480 e. The normalized spacial score (nSPS) is 19.1. The zero-order chi connectivity index (χ0) is 24.4. The van der Waals surface area contributed by atoms with Crippen molar-refractivity contribution in [3.63, 3.8) is 0 Å². The number of anilines is 2. The fourth-order valence-electron chi connectivity index (χ4n) is 3.88. The summed E-state index contributed by atoms with van der Waals surface area (Å²) in [7, 11) is -2.46. The van der Waals surface area contributed by atoms with Gasteiger partial charge in [0.05, 0.1) is 17.5 Å². The van der Waals surface area contributed by atoms with Gasteiger partial charge in [-0.05, 0) is 30.5 Å². The van der Waals surface area contributed by atoms with Crippen LogP contribution in [0.5, 0.6) is 0 Å². The van der Waals surface area contributed by atoms with Gasteiger partial charge in [0.2, 0.25) is 0 Å². The second kappa shape index (κ2) is 9.65. The van der Waals surface area contributed by atoms with Crippen molar-refractivity contribution >= 4 is 30.9 Å². The Balaban J connectivity index is 2.10. The van der Waals surface area contributed by atoms with E-state index in [1.807, 2.05) is 12.1 Å². The number of nitrogens with two attached hydrogens (primary N) is 1. The van der Waals surface area contributed by atoms with Crippen LogP contribution in [0.3, 0.4) is 0 Å². The van der Waals surface area contributed by atoms with Crippen molar-refractivity contribution in [1.29, 1.82) is 0 Å². The third kappa shape index (κ3) is 4.96. The van der Waals surface area contributed by atoms with Crippen molar-refractivity contribution < 1.29 is 28.5 Å². The van der Waals surface area contributed by atoms with Gasteiger partial charge in [0.15, 0.2) is 0 Å². The van der Waals surface area contributed by atoms with Gasteiger partial charge in [-0.1, -0.05) is 50.2 Å². The predicted octanol–water partition coefficient (Wildman–Crippen LogP) is 4.40. The molecule has 0 saturated carbocycles. The number of benzene rings is 2. The van der Waals surface area contributed by atoms with Gasteiger partial charge in [0, 0.05) is 19.1 Å². The number of para-hydroxylation sites is 2. The van der Waals surface area contributed by atoms with Gasteiger partial charge in [-0.3, -0.25) is 14.3 Å². The summed E-state index contributed by atoms with van der Waals surface area (Å²) in [5.74, 6) is -1.54. The molecule has 1 aliphatic heterocycles. The highest BCUT2D eigenvalue weighted by Crippen LogP contribution is 2.53. The lowest BCUT2D eigenvalue weighted by molar-refractivity contribution is -0.145. The molecule has 0 aliphatic carbocycles. The van der Waals surface area contributed by atoms with Gasteiger partial charge in [0.25, 0.3) is 7.52 Å². The van der Waals surface area contributed by atoms with Crippen LogP contribution in [-0.4, -0.2) is 36.1 Å². The quantitative estimate of drug-likeness (QED) is 0.482. The Bertz CT molecular complexity index is 1090. The smallest absolute Gasteiger partial charge is 0.324 e. The molecule has 1 heterocycles. The van der Waals surface area contributed by atoms with Crippen LogP contribution in [-0.2, 0) is 25.0 Å². The number of nitrogens with one attached hydrogen (secondary N) is 1. The molecule has 2 aromatic carbocycles. The number of rotatable bonds is 8. The number of amides is 2. The molecule has 4 N–H and O–H groups in total. The Labute approximate surface area is 193 Å². The van der Waals surface area contributed by atoms with Crippen molar-refractivity contribution in [3.8, 4) is 0 Å². The number of primary amides is 1.